The number of rotatable bonds is 5. The number of hydrogen-bond acceptors (Lipinski definition) is 5. The van der Waals surface area contributed by atoms with Crippen molar-refractivity contribution < 1.29 is 28.4 Å². The van der Waals surface area contributed by atoms with Crippen LogP contribution in [0.3, 0.4) is 0 Å². The van der Waals surface area contributed by atoms with Crippen LogP contribution in [0.4, 0.5) is 10.5 Å². The van der Waals surface area contributed by atoms with Crippen LogP contribution in [0, 0.1) is 0 Å². The molecule has 0 aliphatic rings. The Morgan fingerprint density at radius 3 is 2.42 bits per heavy atom. The van der Waals surface area contributed by atoms with Crippen molar-refractivity contribution in [2.75, 3.05) is 19.4 Å². The number of amides is 2. The summed E-state index contributed by atoms with van der Waals surface area (Å²) in [5.41, 5.74) is 1.07. The van der Waals surface area contributed by atoms with Crippen LogP contribution in [0.1, 0.15) is 17.3 Å². The van der Waals surface area contributed by atoms with E-state index >= 15 is 0 Å². The predicted octanol–water partition coefficient (Wildman–Crippen LogP) is 1.81. The summed E-state index contributed by atoms with van der Waals surface area (Å²) in [6, 6.07) is 9.65. The molecule has 1 N–H and O–H groups in total. The summed E-state index contributed by atoms with van der Waals surface area (Å²) in [7, 11) is 3.31. The van der Waals surface area contributed by atoms with E-state index in [-0.39, 0.29) is 24.3 Å². The summed E-state index contributed by atoms with van der Waals surface area (Å²) in [6.07, 6.45) is 2.37. The van der Waals surface area contributed by atoms with Gasteiger partial charge in [-0.3, -0.25) is 9.59 Å². The van der Waals surface area contributed by atoms with E-state index in [4.69, 9.17) is 9.47 Å². The van der Waals surface area contributed by atoms with E-state index < -0.39 is 6.16 Å². The lowest BCUT2D eigenvalue weighted by Crippen LogP contribution is -2.37. The fourth-order valence-corrected chi connectivity index (χ4v) is 2.05. The molecule has 0 fully saturated rings. The molecule has 0 saturated carbocycles. The van der Waals surface area contributed by atoms with E-state index in [0.29, 0.717) is 11.3 Å². The summed E-state index contributed by atoms with van der Waals surface area (Å²) in [5.74, 6) is -0.0584. The van der Waals surface area contributed by atoms with Crippen molar-refractivity contribution in [2.24, 2.45) is 0 Å². The molecule has 1 aromatic heterocycles. The molecule has 0 atom stereocenters. The first-order valence-corrected chi connectivity index (χ1v) is 7.78. The van der Waals surface area contributed by atoms with Crippen molar-refractivity contribution in [2.45, 2.75) is 13.7 Å². The van der Waals surface area contributed by atoms with Crippen molar-refractivity contribution in [3.63, 3.8) is 0 Å². The van der Waals surface area contributed by atoms with Gasteiger partial charge in [-0.05, 0) is 30.3 Å². The van der Waals surface area contributed by atoms with Gasteiger partial charge in [-0.1, -0.05) is 0 Å². The number of anilines is 1. The minimum absolute atomic E-state index is 0.0998. The van der Waals surface area contributed by atoms with Crippen molar-refractivity contribution in [1.82, 2.24) is 4.90 Å². The van der Waals surface area contributed by atoms with Gasteiger partial charge in [-0.15, -0.1) is 0 Å². The fourth-order valence-electron chi connectivity index (χ4n) is 2.05. The van der Waals surface area contributed by atoms with E-state index in [1.165, 1.54) is 24.0 Å². The van der Waals surface area contributed by atoms with Crippen LogP contribution < -0.4 is 14.6 Å². The van der Waals surface area contributed by atoms with Crippen LogP contribution in [0.2, 0.25) is 0 Å². The average molecular weight is 358 g/mol. The van der Waals surface area contributed by atoms with Crippen molar-refractivity contribution in [3.05, 3.63) is 54.4 Å². The first-order valence-electron chi connectivity index (χ1n) is 7.78. The highest BCUT2D eigenvalue weighted by Crippen LogP contribution is 2.16. The molecule has 0 bridgehead atoms. The quantitative estimate of drug-likeness (QED) is 0.500. The van der Waals surface area contributed by atoms with Gasteiger partial charge in [0.05, 0.1) is 0 Å². The highest BCUT2D eigenvalue weighted by atomic mass is 16.7. The minimum atomic E-state index is -0.880. The van der Waals surface area contributed by atoms with Gasteiger partial charge >= 0.3 is 6.16 Å². The van der Waals surface area contributed by atoms with Gasteiger partial charge in [0.25, 0.3) is 12.6 Å². The Morgan fingerprint density at radius 2 is 1.81 bits per heavy atom. The highest BCUT2D eigenvalue weighted by molar-refractivity contribution is 5.93. The Labute approximate surface area is 150 Å². The van der Waals surface area contributed by atoms with E-state index in [1.54, 1.807) is 55.3 Å². The van der Waals surface area contributed by atoms with Crippen molar-refractivity contribution in [1.29, 1.82) is 0 Å². The molecular formula is C18H20N3O5+. The molecular weight excluding hydrogens is 338 g/mol. The van der Waals surface area contributed by atoms with E-state index in [9.17, 15) is 14.4 Å². The molecule has 136 valence electrons. The minimum Gasteiger partial charge on any atom is -0.395 e. The molecule has 2 amide bonds. The molecule has 1 aromatic carbocycles. The maximum Gasteiger partial charge on any atom is 0.518 e. The number of benzene rings is 1. The molecule has 0 spiro atoms. The average Bonchev–Trinajstić information content (AvgIpc) is 2.60. The highest BCUT2D eigenvalue weighted by Gasteiger charge is 2.14. The van der Waals surface area contributed by atoms with E-state index in [2.05, 4.69) is 5.32 Å². The Hall–Kier alpha value is -3.42. The van der Waals surface area contributed by atoms with Gasteiger partial charge in [0, 0.05) is 32.8 Å². The van der Waals surface area contributed by atoms with Gasteiger partial charge in [0.15, 0.2) is 12.4 Å². The number of carbonyl (C=O) groups is 3. The first-order chi connectivity index (χ1) is 12.3. The summed E-state index contributed by atoms with van der Waals surface area (Å²) in [4.78, 5) is 36.1. The Balaban J connectivity index is 1.90. The van der Waals surface area contributed by atoms with Crippen molar-refractivity contribution in [3.8, 4) is 5.75 Å². The number of hydrogen-bond donors (Lipinski definition) is 1. The maximum absolute atomic E-state index is 11.9. The number of nitrogens with zero attached hydrogens (tertiary/aromatic N) is 2. The third-order valence-electron chi connectivity index (χ3n) is 3.22. The molecule has 1 heterocycles. The van der Waals surface area contributed by atoms with Crippen LogP contribution >= 0.6 is 0 Å². The van der Waals surface area contributed by atoms with Crippen LogP contribution in [-0.4, -0.2) is 37.0 Å². The first kappa shape index (κ1) is 18.9. The lowest BCUT2D eigenvalue weighted by atomic mass is 10.2. The normalized spacial score (nSPS) is 9.96. The molecule has 8 nitrogen and oxygen atoms in total. The fraction of sp³-hybridized carbons (Fsp3) is 0.222. The van der Waals surface area contributed by atoms with Crippen molar-refractivity contribution >= 4 is 23.7 Å². The third kappa shape index (κ3) is 5.59. The van der Waals surface area contributed by atoms with E-state index in [1.807, 2.05) is 0 Å². The molecule has 2 rings (SSSR count). The second kappa shape index (κ2) is 8.61. The lowest BCUT2D eigenvalue weighted by Gasteiger charge is -2.09. The summed E-state index contributed by atoms with van der Waals surface area (Å²) >= 11 is 0. The number of nitrogens with one attached hydrogen (secondary N) is 1. The van der Waals surface area contributed by atoms with Gasteiger partial charge in [0.2, 0.25) is 5.91 Å². The maximum atomic E-state index is 11.9. The van der Waals surface area contributed by atoms with Crippen LogP contribution in [0.15, 0.2) is 48.8 Å². The Bertz CT molecular complexity index is 803. The smallest absolute Gasteiger partial charge is 0.395 e. The van der Waals surface area contributed by atoms with Gasteiger partial charge < -0.3 is 19.7 Å². The topological polar surface area (TPSA) is 88.8 Å². The van der Waals surface area contributed by atoms with Crippen LogP contribution in [0.5, 0.6) is 5.75 Å². The zero-order valence-electron chi connectivity index (χ0n) is 14.8. The van der Waals surface area contributed by atoms with Crippen LogP contribution in [0.25, 0.3) is 0 Å². The molecule has 0 saturated heterocycles. The Morgan fingerprint density at radius 1 is 1.12 bits per heavy atom. The largest absolute Gasteiger partial charge is 0.518 e. The molecule has 0 aliphatic carbocycles. The molecule has 0 unspecified atom stereocenters. The van der Waals surface area contributed by atoms with Gasteiger partial charge in [-0.25, -0.2) is 4.79 Å². The molecule has 8 heteroatoms. The molecule has 26 heavy (non-hydrogen) atoms. The SMILES string of the molecule is CC(=O)Nc1ccc(OC(=O)OC[n+]2cccc(C(=O)N(C)C)c2)cc1. The summed E-state index contributed by atoms with van der Waals surface area (Å²) < 4.78 is 11.6. The third-order valence-corrected chi connectivity index (χ3v) is 3.22. The predicted molar refractivity (Wildman–Crippen MR) is 92.5 cm³/mol. The number of carbonyl (C=O) groups excluding carboxylic acids is 3. The summed E-state index contributed by atoms with van der Waals surface area (Å²) in [6.45, 7) is 1.30. The number of aromatic nitrogens is 1. The summed E-state index contributed by atoms with van der Waals surface area (Å²) in [5, 5.41) is 2.61. The standard InChI is InChI=1S/C18H19N3O5/c1-13(22)19-15-6-8-16(9-7-15)26-18(24)25-12-21-10-4-5-14(11-21)17(23)20(2)3/h4-11H,12H2,1-3H3/p+1. The molecule has 0 radical (unpaired) electrons. The zero-order valence-corrected chi connectivity index (χ0v) is 14.8. The Kier molecular flexibility index (Phi) is 6.26. The van der Waals surface area contributed by atoms with Crippen LogP contribution in [-0.2, 0) is 16.3 Å². The molecule has 2 aromatic rings. The second-order valence-corrected chi connectivity index (χ2v) is 5.64. The zero-order chi connectivity index (χ0) is 19.1. The van der Waals surface area contributed by atoms with Gasteiger partial charge in [-0.2, -0.15) is 4.57 Å². The van der Waals surface area contributed by atoms with Gasteiger partial charge in [0.1, 0.15) is 11.3 Å². The second-order valence-electron chi connectivity index (χ2n) is 5.64. The van der Waals surface area contributed by atoms with E-state index in [0.717, 1.165) is 0 Å². The monoisotopic (exact) mass is 358 g/mol. The number of ether oxygens (including phenoxy) is 2. The molecule has 0 aliphatic heterocycles. The lowest BCUT2D eigenvalue weighted by molar-refractivity contribution is -0.727. The number of pyridine rings is 1.